The lowest BCUT2D eigenvalue weighted by Gasteiger charge is -2.01. The maximum absolute atomic E-state index is 11.4. The Kier molecular flexibility index (Phi) is 4.22. The van der Waals surface area contributed by atoms with E-state index in [4.69, 9.17) is 5.84 Å². The highest BCUT2D eigenvalue weighted by Crippen LogP contribution is 2.24. The average Bonchev–Trinajstić information content (AvgIpc) is 3.04. The predicted molar refractivity (Wildman–Crippen MR) is 86.2 cm³/mol. The summed E-state index contributed by atoms with van der Waals surface area (Å²) in [5, 5.41) is 10.3. The van der Waals surface area contributed by atoms with Gasteiger partial charge in [0.25, 0.3) is 5.91 Å². The van der Waals surface area contributed by atoms with Crippen LogP contribution in [0.3, 0.4) is 0 Å². The smallest absolute Gasteiger partial charge is 0.265 e. The Hall–Kier alpha value is -2.57. The van der Waals surface area contributed by atoms with Crippen LogP contribution in [0.1, 0.15) is 20.9 Å². The van der Waals surface area contributed by atoms with Crippen molar-refractivity contribution in [2.75, 3.05) is 0 Å². The number of hydrogen-bond acceptors (Lipinski definition) is 5. The summed E-state index contributed by atoms with van der Waals surface area (Å²) in [6.45, 7) is 0. The largest absolute Gasteiger partial charge is 0.290 e. The Morgan fingerprint density at radius 1 is 1.05 bits per heavy atom. The molecule has 1 aromatic heterocycles. The minimum absolute atomic E-state index is 0.297. The van der Waals surface area contributed by atoms with Gasteiger partial charge in [0, 0.05) is 17.5 Å². The Labute approximate surface area is 131 Å². The molecule has 0 fully saturated rings. The molecule has 0 aliphatic heterocycles. The Morgan fingerprint density at radius 3 is 2.45 bits per heavy atom. The van der Waals surface area contributed by atoms with E-state index in [0.29, 0.717) is 12.0 Å². The average molecular weight is 310 g/mol. The molecule has 0 aliphatic rings. The molecular formula is C16H14N4OS. The van der Waals surface area contributed by atoms with Crippen molar-refractivity contribution in [3.63, 3.8) is 0 Å². The van der Waals surface area contributed by atoms with E-state index < -0.39 is 0 Å². The number of hydrogen-bond donors (Lipinski definition) is 2. The number of hydrazine groups is 1. The summed E-state index contributed by atoms with van der Waals surface area (Å²) in [5.74, 6) is 4.81. The van der Waals surface area contributed by atoms with E-state index in [-0.39, 0.29) is 5.91 Å². The van der Waals surface area contributed by atoms with Gasteiger partial charge in [-0.3, -0.25) is 10.2 Å². The predicted octanol–water partition coefficient (Wildman–Crippen LogP) is 2.40. The van der Waals surface area contributed by atoms with Gasteiger partial charge in [-0.2, -0.15) is 0 Å². The summed E-state index contributed by atoms with van der Waals surface area (Å²) in [5.41, 5.74) is 4.79. The standard InChI is InChI=1S/C16H14N4OS/c17-18-15(21)12-8-6-11(7-9-12)10-14-19-20-16(22-14)13-4-2-1-3-5-13/h1-9H,10,17H2,(H,18,21). The summed E-state index contributed by atoms with van der Waals surface area (Å²) in [7, 11) is 0. The SMILES string of the molecule is NNC(=O)c1ccc(Cc2nnc(-c3ccccc3)s2)cc1. The van der Waals surface area contributed by atoms with Crippen LogP contribution in [0.2, 0.25) is 0 Å². The zero-order valence-electron chi connectivity index (χ0n) is 11.7. The number of nitrogens with one attached hydrogen (secondary N) is 1. The third kappa shape index (κ3) is 3.19. The van der Waals surface area contributed by atoms with Crippen LogP contribution in [0.15, 0.2) is 54.6 Å². The lowest BCUT2D eigenvalue weighted by Crippen LogP contribution is -2.29. The van der Waals surface area contributed by atoms with Gasteiger partial charge in [-0.15, -0.1) is 10.2 Å². The fourth-order valence-electron chi connectivity index (χ4n) is 2.05. The monoisotopic (exact) mass is 310 g/mol. The second-order valence-electron chi connectivity index (χ2n) is 4.71. The molecule has 0 atom stereocenters. The zero-order chi connectivity index (χ0) is 15.4. The fraction of sp³-hybridized carbons (Fsp3) is 0.0625. The molecule has 1 heterocycles. The van der Waals surface area contributed by atoms with Gasteiger partial charge < -0.3 is 0 Å². The first kappa shape index (κ1) is 14.4. The number of rotatable bonds is 4. The number of nitrogen functional groups attached to an aromatic ring is 1. The second-order valence-corrected chi connectivity index (χ2v) is 5.78. The Bertz CT molecular complexity index is 768. The third-order valence-corrected chi connectivity index (χ3v) is 4.16. The molecule has 6 heteroatoms. The van der Waals surface area contributed by atoms with Crippen LogP contribution < -0.4 is 11.3 Å². The van der Waals surface area contributed by atoms with Gasteiger partial charge in [-0.1, -0.05) is 53.8 Å². The van der Waals surface area contributed by atoms with Gasteiger partial charge in [-0.05, 0) is 17.7 Å². The maximum Gasteiger partial charge on any atom is 0.265 e. The zero-order valence-corrected chi connectivity index (χ0v) is 12.5. The Balaban J connectivity index is 1.74. The van der Waals surface area contributed by atoms with E-state index in [1.807, 2.05) is 42.5 Å². The first-order valence-electron chi connectivity index (χ1n) is 6.74. The van der Waals surface area contributed by atoms with Crippen LogP contribution in [-0.2, 0) is 6.42 Å². The van der Waals surface area contributed by atoms with E-state index in [0.717, 1.165) is 21.1 Å². The van der Waals surface area contributed by atoms with Crippen molar-refractivity contribution in [2.45, 2.75) is 6.42 Å². The molecule has 3 aromatic rings. The fourth-order valence-corrected chi connectivity index (χ4v) is 2.93. The minimum atomic E-state index is -0.297. The summed E-state index contributed by atoms with van der Waals surface area (Å²) in [6.07, 6.45) is 0.690. The highest BCUT2D eigenvalue weighted by atomic mass is 32.1. The van der Waals surface area contributed by atoms with E-state index in [1.165, 1.54) is 0 Å². The molecule has 2 aromatic carbocycles. The molecule has 0 unspecified atom stereocenters. The van der Waals surface area contributed by atoms with Crippen LogP contribution in [0, 0.1) is 0 Å². The van der Waals surface area contributed by atoms with E-state index in [1.54, 1.807) is 23.5 Å². The molecule has 22 heavy (non-hydrogen) atoms. The number of carbonyl (C=O) groups is 1. The maximum atomic E-state index is 11.4. The molecule has 110 valence electrons. The number of benzene rings is 2. The van der Waals surface area contributed by atoms with Crippen LogP contribution in [-0.4, -0.2) is 16.1 Å². The molecule has 5 nitrogen and oxygen atoms in total. The second kappa shape index (κ2) is 6.46. The Morgan fingerprint density at radius 2 is 1.77 bits per heavy atom. The first-order chi connectivity index (χ1) is 10.8. The summed E-state index contributed by atoms with van der Waals surface area (Å²) in [4.78, 5) is 11.4. The number of amides is 1. The molecular weight excluding hydrogens is 296 g/mol. The molecule has 0 saturated carbocycles. The van der Waals surface area contributed by atoms with E-state index in [2.05, 4.69) is 15.6 Å². The van der Waals surface area contributed by atoms with E-state index in [9.17, 15) is 4.79 Å². The molecule has 1 amide bonds. The molecule has 0 radical (unpaired) electrons. The third-order valence-electron chi connectivity index (χ3n) is 3.19. The summed E-state index contributed by atoms with van der Waals surface area (Å²) < 4.78 is 0. The molecule has 0 spiro atoms. The topological polar surface area (TPSA) is 80.9 Å². The molecule has 3 N–H and O–H groups in total. The van der Waals surface area contributed by atoms with Gasteiger partial charge in [0.05, 0.1) is 0 Å². The van der Waals surface area contributed by atoms with Crippen molar-refractivity contribution in [2.24, 2.45) is 5.84 Å². The summed E-state index contributed by atoms with van der Waals surface area (Å²) in [6, 6.07) is 17.3. The van der Waals surface area contributed by atoms with Crippen LogP contribution in [0.5, 0.6) is 0 Å². The lowest BCUT2D eigenvalue weighted by atomic mass is 10.1. The van der Waals surface area contributed by atoms with Crippen molar-refractivity contribution in [3.05, 3.63) is 70.7 Å². The molecule has 0 saturated heterocycles. The number of aromatic nitrogens is 2. The van der Waals surface area contributed by atoms with Gasteiger partial charge in [-0.25, -0.2) is 5.84 Å². The van der Waals surface area contributed by atoms with Gasteiger partial charge in [0.15, 0.2) is 0 Å². The van der Waals surface area contributed by atoms with Crippen molar-refractivity contribution in [1.82, 2.24) is 15.6 Å². The van der Waals surface area contributed by atoms with Gasteiger partial charge in [0.2, 0.25) is 0 Å². The van der Waals surface area contributed by atoms with Crippen molar-refractivity contribution in [3.8, 4) is 10.6 Å². The molecule has 3 rings (SSSR count). The lowest BCUT2D eigenvalue weighted by molar-refractivity contribution is 0.0953. The van der Waals surface area contributed by atoms with Gasteiger partial charge >= 0.3 is 0 Å². The van der Waals surface area contributed by atoms with Crippen molar-refractivity contribution in [1.29, 1.82) is 0 Å². The normalized spacial score (nSPS) is 10.4. The highest BCUT2D eigenvalue weighted by molar-refractivity contribution is 7.14. The minimum Gasteiger partial charge on any atom is -0.290 e. The van der Waals surface area contributed by atoms with Crippen LogP contribution >= 0.6 is 11.3 Å². The van der Waals surface area contributed by atoms with Crippen molar-refractivity contribution >= 4 is 17.2 Å². The van der Waals surface area contributed by atoms with Crippen molar-refractivity contribution < 1.29 is 4.79 Å². The van der Waals surface area contributed by atoms with Gasteiger partial charge in [0.1, 0.15) is 10.0 Å². The molecule has 0 bridgehead atoms. The number of nitrogens with two attached hydrogens (primary N) is 1. The number of nitrogens with zero attached hydrogens (tertiary/aromatic N) is 2. The molecule has 0 aliphatic carbocycles. The highest BCUT2D eigenvalue weighted by Gasteiger charge is 2.08. The van der Waals surface area contributed by atoms with E-state index >= 15 is 0 Å². The quantitative estimate of drug-likeness (QED) is 0.440. The first-order valence-corrected chi connectivity index (χ1v) is 7.55. The summed E-state index contributed by atoms with van der Waals surface area (Å²) >= 11 is 1.57. The van der Waals surface area contributed by atoms with Crippen LogP contribution in [0.4, 0.5) is 0 Å². The van der Waals surface area contributed by atoms with Crippen LogP contribution in [0.25, 0.3) is 10.6 Å². The number of carbonyl (C=O) groups excluding carboxylic acids is 1.